The Bertz CT molecular complexity index is 1130. The van der Waals surface area contributed by atoms with Gasteiger partial charge in [-0.2, -0.15) is 4.52 Å². The van der Waals surface area contributed by atoms with Crippen molar-refractivity contribution in [1.29, 1.82) is 0 Å². The minimum Gasteiger partial charge on any atom is -0.352 e. The summed E-state index contributed by atoms with van der Waals surface area (Å²) in [5, 5.41) is 14.5. The summed E-state index contributed by atoms with van der Waals surface area (Å²) in [7, 11) is 0. The van der Waals surface area contributed by atoms with E-state index in [0.717, 1.165) is 60.2 Å². The second-order valence-electron chi connectivity index (χ2n) is 6.54. The average Bonchev–Trinajstić information content (AvgIpc) is 3.08. The van der Waals surface area contributed by atoms with Gasteiger partial charge in [0.25, 0.3) is 0 Å². The first-order valence-electron chi connectivity index (χ1n) is 8.78. The lowest BCUT2D eigenvalue weighted by atomic mass is 10.2. The standard InChI is InChI=1S/C18H17ClN8/c1-12-22-23-16-4-5-17(24-27(12)16)25-6-8-26(9-7-25)18-14-3-2-13(19)10-15(14)20-11-21-18/h2-5,10-11H,6-9H2,1H3. The monoisotopic (exact) mass is 380 g/mol. The zero-order chi connectivity index (χ0) is 18.4. The van der Waals surface area contributed by atoms with Crippen LogP contribution in [-0.4, -0.2) is 56.0 Å². The Morgan fingerprint density at radius 3 is 2.59 bits per heavy atom. The normalized spacial score (nSPS) is 15.0. The number of nitrogens with zero attached hydrogens (tertiary/aromatic N) is 8. The molecule has 8 nitrogen and oxygen atoms in total. The third-order valence-corrected chi connectivity index (χ3v) is 5.12. The Hall–Kier alpha value is -3.00. The zero-order valence-electron chi connectivity index (χ0n) is 14.7. The van der Waals surface area contributed by atoms with E-state index < -0.39 is 0 Å². The fourth-order valence-electron chi connectivity index (χ4n) is 3.47. The van der Waals surface area contributed by atoms with Gasteiger partial charge in [0.1, 0.15) is 18.0 Å². The summed E-state index contributed by atoms with van der Waals surface area (Å²) in [6.07, 6.45) is 1.60. The highest BCUT2D eigenvalue weighted by atomic mass is 35.5. The van der Waals surface area contributed by atoms with Crippen molar-refractivity contribution in [1.82, 2.24) is 29.8 Å². The van der Waals surface area contributed by atoms with Gasteiger partial charge in [0.05, 0.1) is 5.52 Å². The molecule has 1 aromatic carbocycles. The van der Waals surface area contributed by atoms with Gasteiger partial charge < -0.3 is 9.80 Å². The molecule has 0 amide bonds. The highest BCUT2D eigenvalue weighted by Gasteiger charge is 2.21. The van der Waals surface area contributed by atoms with Crippen LogP contribution in [0.1, 0.15) is 5.82 Å². The van der Waals surface area contributed by atoms with E-state index in [-0.39, 0.29) is 0 Å². The van der Waals surface area contributed by atoms with Gasteiger partial charge in [-0.05, 0) is 37.3 Å². The molecule has 0 N–H and O–H groups in total. The lowest BCUT2D eigenvalue weighted by molar-refractivity contribution is 0.636. The Morgan fingerprint density at radius 1 is 0.926 bits per heavy atom. The van der Waals surface area contributed by atoms with Crippen LogP contribution in [-0.2, 0) is 0 Å². The van der Waals surface area contributed by atoms with Gasteiger partial charge in [-0.25, -0.2) is 9.97 Å². The lowest BCUT2D eigenvalue weighted by Gasteiger charge is -2.36. The second-order valence-corrected chi connectivity index (χ2v) is 6.98. The number of anilines is 2. The lowest BCUT2D eigenvalue weighted by Crippen LogP contribution is -2.47. The van der Waals surface area contributed by atoms with Crippen LogP contribution in [0, 0.1) is 6.92 Å². The van der Waals surface area contributed by atoms with Crippen LogP contribution in [0.15, 0.2) is 36.7 Å². The number of hydrogen-bond acceptors (Lipinski definition) is 7. The maximum absolute atomic E-state index is 6.09. The van der Waals surface area contributed by atoms with Gasteiger partial charge in [0.2, 0.25) is 0 Å². The van der Waals surface area contributed by atoms with Gasteiger partial charge in [-0.1, -0.05) is 11.6 Å². The third kappa shape index (κ3) is 2.82. The van der Waals surface area contributed by atoms with Crippen LogP contribution in [0.5, 0.6) is 0 Å². The topological polar surface area (TPSA) is 75.3 Å². The largest absolute Gasteiger partial charge is 0.352 e. The molecule has 0 radical (unpaired) electrons. The molecule has 4 aromatic rings. The van der Waals surface area contributed by atoms with E-state index in [1.54, 1.807) is 10.8 Å². The molecule has 5 rings (SSSR count). The highest BCUT2D eigenvalue weighted by molar-refractivity contribution is 6.31. The number of aryl methyl sites for hydroxylation is 1. The number of rotatable bonds is 2. The summed E-state index contributed by atoms with van der Waals surface area (Å²) in [5.41, 5.74) is 1.63. The molecule has 0 aliphatic carbocycles. The Morgan fingerprint density at radius 2 is 1.74 bits per heavy atom. The molecular weight excluding hydrogens is 364 g/mol. The molecule has 0 atom stereocenters. The van der Waals surface area contributed by atoms with Crippen molar-refractivity contribution in [2.45, 2.75) is 6.92 Å². The smallest absolute Gasteiger partial charge is 0.178 e. The van der Waals surface area contributed by atoms with Gasteiger partial charge in [-0.3, -0.25) is 0 Å². The quantitative estimate of drug-likeness (QED) is 0.528. The molecule has 136 valence electrons. The molecule has 0 saturated carbocycles. The molecule has 0 unspecified atom stereocenters. The Labute approximate surface area is 160 Å². The van der Waals surface area contributed by atoms with Crippen molar-refractivity contribution in [2.24, 2.45) is 0 Å². The minimum absolute atomic E-state index is 0.683. The van der Waals surface area contributed by atoms with E-state index in [2.05, 4.69) is 35.1 Å². The van der Waals surface area contributed by atoms with Crippen LogP contribution in [0.4, 0.5) is 11.6 Å². The molecule has 9 heteroatoms. The summed E-state index contributed by atoms with van der Waals surface area (Å²) in [6, 6.07) is 9.70. The first-order valence-corrected chi connectivity index (χ1v) is 9.16. The molecule has 0 spiro atoms. The van der Waals surface area contributed by atoms with E-state index in [1.807, 2.05) is 37.3 Å². The van der Waals surface area contributed by atoms with Crippen LogP contribution >= 0.6 is 11.6 Å². The molecule has 3 aromatic heterocycles. The first kappa shape index (κ1) is 16.2. The number of piperazine rings is 1. The number of fused-ring (bicyclic) bond motifs is 2. The van der Waals surface area contributed by atoms with Crippen LogP contribution in [0.25, 0.3) is 16.6 Å². The van der Waals surface area contributed by atoms with Crippen molar-refractivity contribution in [3.8, 4) is 0 Å². The van der Waals surface area contributed by atoms with Crippen LogP contribution < -0.4 is 9.80 Å². The second kappa shape index (κ2) is 6.31. The summed E-state index contributed by atoms with van der Waals surface area (Å²) >= 11 is 6.09. The molecule has 1 saturated heterocycles. The third-order valence-electron chi connectivity index (χ3n) is 4.89. The fraction of sp³-hybridized carbons (Fsp3) is 0.278. The van der Waals surface area contributed by atoms with Gasteiger partial charge in [0, 0.05) is 36.6 Å². The number of hydrogen-bond donors (Lipinski definition) is 0. The van der Waals surface area contributed by atoms with Crippen molar-refractivity contribution in [3.63, 3.8) is 0 Å². The van der Waals surface area contributed by atoms with Gasteiger partial charge >= 0.3 is 0 Å². The van der Waals surface area contributed by atoms with Crippen molar-refractivity contribution >= 4 is 39.8 Å². The molecule has 4 heterocycles. The summed E-state index contributed by atoms with van der Waals surface area (Å²) < 4.78 is 1.78. The van der Waals surface area contributed by atoms with Crippen molar-refractivity contribution in [3.05, 3.63) is 47.5 Å². The van der Waals surface area contributed by atoms with Crippen LogP contribution in [0.3, 0.4) is 0 Å². The maximum atomic E-state index is 6.09. The molecule has 1 fully saturated rings. The fourth-order valence-corrected chi connectivity index (χ4v) is 3.64. The van der Waals surface area contributed by atoms with Crippen molar-refractivity contribution < 1.29 is 0 Å². The average molecular weight is 381 g/mol. The summed E-state index contributed by atoms with van der Waals surface area (Å²) in [4.78, 5) is 13.4. The van der Waals surface area contributed by atoms with Crippen molar-refractivity contribution in [2.75, 3.05) is 36.0 Å². The minimum atomic E-state index is 0.683. The predicted molar refractivity (Wildman–Crippen MR) is 104 cm³/mol. The molecule has 27 heavy (non-hydrogen) atoms. The van der Waals surface area contributed by atoms with E-state index in [9.17, 15) is 0 Å². The first-order chi connectivity index (χ1) is 13.2. The van der Waals surface area contributed by atoms with Crippen LogP contribution in [0.2, 0.25) is 5.02 Å². The number of benzene rings is 1. The summed E-state index contributed by atoms with van der Waals surface area (Å²) in [6.45, 7) is 5.34. The van der Waals surface area contributed by atoms with Gasteiger partial charge in [0.15, 0.2) is 11.5 Å². The van der Waals surface area contributed by atoms with E-state index in [0.29, 0.717) is 5.02 Å². The molecule has 0 bridgehead atoms. The van der Waals surface area contributed by atoms with E-state index >= 15 is 0 Å². The summed E-state index contributed by atoms with van der Waals surface area (Å²) in [5.74, 6) is 2.68. The zero-order valence-corrected chi connectivity index (χ0v) is 15.5. The number of halogens is 1. The Balaban J connectivity index is 1.39. The Kier molecular flexibility index (Phi) is 3.78. The highest BCUT2D eigenvalue weighted by Crippen LogP contribution is 2.26. The maximum Gasteiger partial charge on any atom is 0.178 e. The van der Waals surface area contributed by atoms with E-state index in [4.69, 9.17) is 11.6 Å². The molecule has 1 aliphatic rings. The van der Waals surface area contributed by atoms with E-state index in [1.165, 1.54) is 0 Å². The predicted octanol–water partition coefficient (Wildman–Crippen LogP) is 2.36. The number of aromatic nitrogens is 6. The van der Waals surface area contributed by atoms with Gasteiger partial charge in [-0.15, -0.1) is 15.3 Å². The molecule has 1 aliphatic heterocycles. The molecular formula is C18H17ClN8. The SMILES string of the molecule is Cc1nnc2ccc(N3CCN(c4ncnc5cc(Cl)ccc45)CC3)nn12.